The van der Waals surface area contributed by atoms with Gasteiger partial charge in [-0.05, 0) is 20.8 Å². The smallest absolute Gasteiger partial charge is 0.315 e. The fourth-order valence-corrected chi connectivity index (χ4v) is 1.59. The van der Waals surface area contributed by atoms with E-state index in [0.29, 0.717) is 19.8 Å². The van der Waals surface area contributed by atoms with E-state index in [1.54, 1.807) is 7.11 Å². The van der Waals surface area contributed by atoms with Gasteiger partial charge >= 0.3 is 6.03 Å². The molecule has 1 unspecified atom stereocenters. The molecule has 0 radical (unpaired) electrons. The van der Waals surface area contributed by atoms with Gasteiger partial charge in [-0.2, -0.15) is 0 Å². The lowest BCUT2D eigenvalue weighted by Gasteiger charge is -2.27. The molecule has 94 valence electrons. The van der Waals surface area contributed by atoms with Crippen molar-refractivity contribution in [1.82, 2.24) is 10.6 Å². The lowest BCUT2D eigenvalue weighted by atomic mass is 10.0. The number of carbonyl (C=O) groups is 1. The summed E-state index contributed by atoms with van der Waals surface area (Å²) in [7, 11) is 1.65. The molecule has 1 fully saturated rings. The number of ether oxygens (including phenoxy) is 2. The molecule has 5 heteroatoms. The van der Waals surface area contributed by atoms with Gasteiger partial charge in [0.2, 0.25) is 0 Å². The molecule has 5 nitrogen and oxygen atoms in total. The quantitative estimate of drug-likeness (QED) is 0.757. The minimum Gasteiger partial charge on any atom is -0.378 e. The van der Waals surface area contributed by atoms with Gasteiger partial charge in [0, 0.05) is 25.7 Å². The molecule has 2 amide bonds. The van der Waals surface area contributed by atoms with Gasteiger partial charge in [-0.1, -0.05) is 0 Å². The molecule has 1 aliphatic heterocycles. The highest BCUT2D eigenvalue weighted by molar-refractivity contribution is 5.74. The molecule has 0 bridgehead atoms. The van der Waals surface area contributed by atoms with Crippen LogP contribution >= 0.6 is 0 Å². The van der Waals surface area contributed by atoms with Crippen LogP contribution in [0.5, 0.6) is 0 Å². The highest BCUT2D eigenvalue weighted by atomic mass is 16.5. The second kappa shape index (κ2) is 5.01. The first-order valence-electron chi connectivity index (χ1n) is 5.56. The number of hydrogen-bond donors (Lipinski definition) is 2. The molecule has 1 rings (SSSR count). The van der Waals surface area contributed by atoms with Gasteiger partial charge < -0.3 is 20.1 Å². The van der Waals surface area contributed by atoms with Gasteiger partial charge in [0.15, 0.2) is 0 Å². The fraction of sp³-hybridized carbons (Fsp3) is 0.909. The maximum atomic E-state index is 11.6. The van der Waals surface area contributed by atoms with Gasteiger partial charge in [0.1, 0.15) is 5.60 Å². The zero-order valence-electron chi connectivity index (χ0n) is 10.6. The third-order valence-corrected chi connectivity index (χ3v) is 2.56. The normalized spacial score (nSPS) is 25.5. The summed E-state index contributed by atoms with van der Waals surface area (Å²) in [6, 6.07) is -0.171. The molecule has 1 saturated heterocycles. The van der Waals surface area contributed by atoms with Gasteiger partial charge in [-0.3, -0.25) is 0 Å². The van der Waals surface area contributed by atoms with Crippen LogP contribution in [0.3, 0.4) is 0 Å². The van der Waals surface area contributed by atoms with E-state index in [-0.39, 0.29) is 17.2 Å². The zero-order valence-corrected chi connectivity index (χ0v) is 10.6. The van der Waals surface area contributed by atoms with E-state index in [2.05, 4.69) is 10.6 Å². The number of methoxy groups -OCH3 is 1. The molecule has 2 N–H and O–H groups in total. The minimum absolute atomic E-state index is 0.171. The molecule has 16 heavy (non-hydrogen) atoms. The summed E-state index contributed by atoms with van der Waals surface area (Å²) in [5, 5.41) is 5.66. The van der Waals surface area contributed by atoms with E-state index in [1.165, 1.54) is 0 Å². The molecular weight excluding hydrogens is 208 g/mol. The minimum atomic E-state index is -0.352. The topological polar surface area (TPSA) is 59.6 Å². The highest BCUT2D eigenvalue weighted by Crippen LogP contribution is 2.21. The van der Waals surface area contributed by atoms with E-state index >= 15 is 0 Å². The lowest BCUT2D eigenvalue weighted by molar-refractivity contribution is -0.0138. The van der Waals surface area contributed by atoms with Crippen LogP contribution in [0.2, 0.25) is 0 Å². The average molecular weight is 230 g/mol. The van der Waals surface area contributed by atoms with Crippen LogP contribution < -0.4 is 10.6 Å². The van der Waals surface area contributed by atoms with Crippen LogP contribution in [0.15, 0.2) is 0 Å². The molecule has 0 saturated carbocycles. The molecule has 1 heterocycles. The van der Waals surface area contributed by atoms with Crippen molar-refractivity contribution in [3.63, 3.8) is 0 Å². The summed E-state index contributed by atoms with van der Waals surface area (Å²) in [5.41, 5.74) is -0.578. The molecule has 1 atom stereocenters. The predicted molar refractivity (Wildman–Crippen MR) is 61.5 cm³/mol. The molecule has 0 spiro atoms. The summed E-state index contributed by atoms with van der Waals surface area (Å²) < 4.78 is 10.7. The molecule has 0 aliphatic carbocycles. The highest BCUT2D eigenvalue weighted by Gasteiger charge is 2.35. The van der Waals surface area contributed by atoms with Crippen molar-refractivity contribution in [3.05, 3.63) is 0 Å². The Morgan fingerprint density at radius 1 is 1.50 bits per heavy atom. The van der Waals surface area contributed by atoms with Crippen LogP contribution in [-0.4, -0.2) is 44.0 Å². The molecule has 0 aromatic carbocycles. The van der Waals surface area contributed by atoms with E-state index in [9.17, 15) is 4.79 Å². The number of amides is 2. The molecular formula is C11H22N2O3. The Bertz CT molecular complexity index is 242. The number of hydrogen-bond acceptors (Lipinski definition) is 3. The van der Waals surface area contributed by atoms with Crippen molar-refractivity contribution in [2.24, 2.45) is 0 Å². The van der Waals surface area contributed by atoms with Crippen LogP contribution in [-0.2, 0) is 9.47 Å². The first-order valence-corrected chi connectivity index (χ1v) is 5.56. The predicted octanol–water partition coefficient (Wildman–Crippen LogP) is 0.890. The molecule has 0 aromatic heterocycles. The molecule has 1 aliphatic rings. The average Bonchev–Trinajstić information content (AvgIpc) is 2.61. The Labute approximate surface area is 96.9 Å². The Balaban J connectivity index is 2.35. The van der Waals surface area contributed by atoms with Crippen LogP contribution in [0.1, 0.15) is 27.2 Å². The SMILES string of the molecule is COC1(CNC(=O)NC(C)(C)C)CCOC1. The summed E-state index contributed by atoms with van der Waals surface area (Å²) in [6.07, 6.45) is 0.819. The van der Waals surface area contributed by atoms with Gasteiger partial charge in [-0.25, -0.2) is 4.79 Å². The monoisotopic (exact) mass is 230 g/mol. The molecule has 0 aromatic rings. The van der Waals surface area contributed by atoms with Gasteiger partial charge in [0.05, 0.1) is 13.2 Å². The van der Waals surface area contributed by atoms with E-state index in [0.717, 1.165) is 6.42 Å². The lowest BCUT2D eigenvalue weighted by Crippen LogP contribution is -2.51. The standard InChI is InChI=1S/C11H22N2O3/c1-10(2,3)13-9(14)12-7-11(15-4)5-6-16-8-11/h5-8H2,1-4H3,(H2,12,13,14). The number of urea groups is 1. The first-order chi connectivity index (χ1) is 7.37. The number of nitrogens with one attached hydrogen (secondary N) is 2. The van der Waals surface area contributed by atoms with Crippen molar-refractivity contribution in [3.8, 4) is 0 Å². The second-order valence-electron chi connectivity index (χ2n) is 5.25. The number of carbonyl (C=O) groups excluding carboxylic acids is 1. The van der Waals surface area contributed by atoms with Crippen molar-refractivity contribution in [1.29, 1.82) is 0 Å². The first kappa shape index (κ1) is 13.3. The zero-order chi connectivity index (χ0) is 12.2. The van der Waals surface area contributed by atoms with Crippen molar-refractivity contribution in [2.75, 3.05) is 26.9 Å². The van der Waals surface area contributed by atoms with Crippen molar-refractivity contribution < 1.29 is 14.3 Å². The van der Waals surface area contributed by atoms with Gasteiger partial charge in [0.25, 0.3) is 0 Å². The van der Waals surface area contributed by atoms with E-state index in [1.807, 2.05) is 20.8 Å². The van der Waals surface area contributed by atoms with E-state index in [4.69, 9.17) is 9.47 Å². The maximum absolute atomic E-state index is 11.6. The van der Waals surface area contributed by atoms with Crippen LogP contribution in [0.25, 0.3) is 0 Å². The third kappa shape index (κ3) is 3.98. The summed E-state index contributed by atoms with van der Waals surface area (Å²) >= 11 is 0. The third-order valence-electron chi connectivity index (χ3n) is 2.56. The van der Waals surface area contributed by atoms with E-state index < -0.39 is 0 Å². The number of rotatable bonds is 3. The Kier molecular flexibility index (Phi) is 4.15. The Morgan fingerprint density at radius 3 is 2.62 bits per heavy atom. The second-order valence-corrected chi connectivity index (χ2v) is 5.25. The van der Waals surface area contributed by atoms with Crippen molar-refractivity contribution >= 4 is 6.03 Å². The largest absolute Gasteiger partial charge is 0.378 e. The maximum Gasteiger partial charge on any atom is 0.315 e. The summed E-state index contributed by atoms with van der Waals surface area (Å²) in [6.45, 7) is 7.53. The van der Waals surface area contributed by atoms with Crippen LogP contribution in [0.4, 0.5) is 4.79 Å². The Morgan fingerprint density at radius 2 is 2.19 bits per heavy atom. The van der Waals surface area contributed by atoms with Gasteiger partial charge in [-0.15, -0.1) is 0 Å². The summed E-state index contributed by atoms with van der Waals surface area (Å²) in [5.74, 6) is 0. The summed E-state index contributed by atoms with van der Waals surface area (Å²) in [4.78, 5) is 11.6. The fourth-order valence-electron chi connectivity index (χ4n) is 1.59. The Hall–Kier alpha value is -0.810. The van der Waals surface area contributed by atoms with Crippen molar-refractivity contribution in [2.45, 2.75) is 38.3 Å². The van der Waals surface area contributed by atoms with Crippen LogP contribution in [0, 0.1) is 0 Å².